The maximum atomic E-state index is 12.8. The second kappa shape index (κ2) is 10.7. The molecule has 3 amide bonds. The maximum absolute atomic E-state index is 12.8. The van der Waals surface area contributed by atoms with Crippen molar-refractivity contribution in [1.29, 1.82) is 0 Å². The molecule has 0 radical (unpaired) electrons. The first-order valence-corrected chi connectivity index (χ1v) is 9.99. The lowest BCUT2D eigenvalue weighted by Gasteiger charge is -2.33. The number of rotatable bonds is 4. The van der Waals surface area contributed by atoms with E-state index >= 15 is 0 Å². The highest BCUT2D eigenvalue weighted by molar-refractivity contribution is 6.06. The minimum Gasteiger partial charge on any atom is -0.383 e. The first-order valence-electron chi connectivity index (χ1n) is 9.99. The number of benzene rings is 1. The molecule has 2 N–H and O–H groups in total. The first kappa shape index (κ1) is 24.5. The summed E-state index contributed by atoms with van der Waals surface area (Å²) in [6, 6.07) is 10.5. The standard InChI is InChI=1S/C22H18F3N5O4/c23-22(24,25)21(33)29-18(26)14-1-3-15(4-2-14)19(31)28-10-7-17-13-34-12-11-30(17)20(32)16-5-8-27-9-6-16/h1-6,8-9,17H,7,11-13H2,(H-,26,29,33)/p+1. The Bertz CT molecular complexity index is 1160. The Kier molecular flexibility index (Phi) is 7.70. The van der Waals surface area contributed by atoms with Crippen LogP contribution in [0.5, 0.6) is 0 Å². The number of morpholine rings is 1. The van der Waals surface area contributed by atoms with Crippen molar-refractivity contribution in [3.05, 3.63) is 70.3 Å². The average molecular weight is 474 g/mol. The van der Waals surface area contributed by atoms with Gasteiger partial charge in [-0.3, -0.25) is 14.6 Å². The zero-order valence-electron chi connectivity index (χ0n) is 17.7. The summed E-state index contributed by atoms with van der Waals surface area (Å²) in [5.41, 5.74) is 6.06. The van der Waals surface area contributed by atoms with E-state index in [0.717, 1.165) is 0 Å². The number of hydrogen-bond donors (Lipinski definition) is 1. The minimum atomic E-state index is -5.13. The van der Waals surface area contributed by atoms with Gasteiger partial charge < -0.3 is 15.4 Å². The van der Waals surface area contributed by atoms with Crippen molar-refractivity contribution in [2.75, 3.05) is 19.8 Å². The molecule has 1 aromatic heterocycles. The van der Waals surface area contributed by atoms with Crippen molar-refractivity contribution in [1.82, 2.24) is 9.88 Å². The number of amidine groups is 1. The first-order chi connectivity index (χ1) is 16.2. The smallest absolute Gasteiger partial charge is 0.383 e. The second-order valence-corrected chi connectivity index (χ2v) is 7.12. The molecular weight excluding hydrogens is 455 g/mol. The molecule has 0 saturated carbocycles. The summed E-state index contributed by atoms with van der Waals surface area (Å²) in [4.78, 5) is 48.0. The molecule has 1 saturated heterocycles. The van der Waals surface area contributed by atoms with Gasteiger partial charge >= 0.3 is 18.0 Å². The SMILES string of the molecule is NC(=NC(=O)C(F)(F)F)c1ccc(C(=O)[N+]#CCC2COCCN2C(=O)c2ccncc2)cc1. The summed E-state index contributed by atoms with van der Waals surface area (Å²) in [5.74, 6) is -3.81. The van der Waals surface area contributed by atoms with Gasteiger partial charge in [-0.25, -0.2) is 0 Å². The third kappa shape index (κ3) is 6.23. The fourth-order valence-electron chi connectivity index (χ4n) is 3.06. The highest BCUT2D eigenvalue weighted by Crippen LogP contribution is 2.17. The number of amides is 3. The molecule has 0 spiro atoms. The van der Waals surface area contributed by atoms with Gasteiger partial charge in [-0.1, -0.05) is 12.1 Å². The van der Waals surface area contributed by atoms with Crippen molar-refractivity contribution in [2.45, 2.75) is 18.6 Å². The number of aliphatic imine (C=N–C) groups is 1. The summed E-state index contributed by atoms with van der Waals surface area (Å²) in [7, 11) is 0. The van der Waals surface area contributed by atoms with E-state index < -0.39 is 23.8 Å². The fourth-order valence-corrected chi connectivity index (χ4v) is 3.06. The summed E-state index contributed by atoms with van der Waals surface area (Å²) in [6.45, 7) is 1.02. The molecule has 2 aromatic rings. The lowest BCUT2D eigenvalue weighted by molar-refractivity contribution is -0.169. The molecule has 0 aliphatic carbocycles. The van der Waals surface area contributed by atoms with Gasteiger partial charge in [0, 0.05) is 34.9 Å². The number of nitrogens with zero attached hydrogens (tertiary/aromatic N) is 4. The number of nitrogens with two attached hydrogens (primary N) is 1. The van der Waals surface area contributed by atoms with E-state index in [0.29, 0.717) is 18.7 Å². The van der Waals surface area contributed by atoms with Crippen LogP contribution in [0.4, 0.5) is 13.2 Å². The third-order valence-corrected chi connectivity index (χ3v) is 4.82. The van der Waals surface area contributed by atoms with Crippen LogP contribution in [-0.2, 0) is 9.53 Å². The topological polar surface area (TPSA) is 119 Å². The maximum Gasteiger partial charge on any atom is 0.547 e. The van der Waals surface area contributed by atoms with Gasteiger partial charge in [0.2, 0.25) is 0 Å². The van der Waals surface area contributed by atoms with Crippen LogP contribution in [0.25, 0.3) is 4.85 Å². The molecule has 12 heteroatoms. The van der Waals surface area contributed by atoms with Crippen LogP contribution in [-0.4, -0.2) is 65.4 Å². The average Bonchev–Trinajstić information content (AvgIpc) is 2.84. The monoisotopic (exact) mass is 474 g/mol. The summed E-state index contributed by atoms with van der Waals surface area (Å²) < 4.78 is 42.3. The molecule has 0 bridgehead atoms. The number of carbonyl (C=O) groups excluding carboxylic acids is 3. The highest BCUT2D eigenvalue weighted by atomic mass is 19.4. The van der Waals surface area contributed by atoms with Crippen LogP contribution in [0.2, 0.25) is 0 Å². The molecule has 34 heavy (non-hydrogen) atoms. The van der Waals surface area contributed by atoms with Crippen LogP contribution < -0.4 is 5.73 Å². The van der Waals surface area contributed by atoms with E-state index in [1.807, 2.05) is 0 Å². The molecule has 1 unspecified atom stereocenters. The molecule has 1 aliphatic heterocycles. The quantitative estimate of drug-likeness (QED) is 0.537. The van der Waals surface area contributed by atoms with E-state index in [9.17, 15) is 27.6 Å². The Morgan fingerprint density at radius 1 is 1.12 bits per heavy atom. The highest BCUT2D eigenvalue weighted by Gasteiger charge is 2.38. The summed E-state index contributed by atoms with van der Waals surface area (Å²) in [5, 5.41) is 0. The van der Waals surface area contributed by atoms with Gasteiger partial charge in [0.05, 0.1) is 19.3 Å². The fraction of sp³-hybridized carbons (Fsp3) is 0.273. The van der Waals surface area contributed by atoms with Gasteiger partial charge in [0.25, 0.3) is 12.0 Å². The normalized spacial score (nSPS) is 16.4. The van der Waals surface area contributed by atoms with Crippen molar-refractivity contribution < 1.29 is 32.3 Å². The Morgan fingerprint density at radius 3 is 2.41 bits per heavy atom. The van der Waals surface area contributed by atoms with Crippen molar-refractivity contribution in [2.24, 2.45) is 10.7 Å². The van der Waals surface area contributed by atoms with E-state index in [2.05, 4.69) is 20.9 Å². The number of ether oxygens (including phenoxy) is 1. The number of halogens is 3. The van der Waals surface area contributed by atoms with Crippen LogP contribution >= 0.6 is 0 Å². The number of hydrogen-bond acceptors (Lipinski definition) is 5. The number of pyridine rings is 1. The van der Waals surface area contributed by atoms with Crippen LogP contribution in [0.1, 0.15) is 32.7 Å². The van der Waals surface area contributed by atoms with E-state index in [1.165, 1.54) is 36.7 Å². The van der Waals surface area contributed by atoms with Gasteiger partial charge in [-0.15, -0.1) is 0 Å². The Balaban J connectivity index is 1.64. The molecular formula is C22H19F3N5O4+. The zero-order chi connectivity index (χ0) is 24.7. The van der Waals surface area contributed by atoms with Crippen molar-refractivity contribution in [3.8, 4) is 6.07 Å². The lowest BCUT2D eigenvalue weighted by Crippen LogP contribution is -2.48. The van der Waals surface area contributed by atoms with E-state index in [1.54, 1.807) is 17.0 Å². The van der Waals surface area contributed by atoms with Crippen molar-refractivity contribution in [3.63, 3.8) is 0 Å². The molecule has 2 heterocycles. The van der Waals surface area contributed by atoms with Crippen LogP contribution in [0.3, 0.4) is 0 Å². The number of alkyl halides is 3. The van der Waals surface area contributed by atoms with Crippen LogP contribution in [0, 0.1) is 6.07 Å². The lowest BCUT2D eigenvalue weighted by atomic mass is 10.1. The Hall–Kier alpha value is -4.11. The molecule has 1 atom stereocenters. The Labute approximate surface area is 191 Å². The Morgan fingerprint density at radius 2 is 1.76 bits per heavy atom. The third-order valence-electron chi connectivity index (χ3n) is 4.82. The van der Waals surface area contributed by atoms with Gasteiger partial charge in [-0.2, -0.15) is 23.0 Å². The van der Waals surface area contributed by atoms with E-state index in [-0.39, 0.29) is 36.1 Å². The van der Waals surface area contributed by atoms with Crippen molar-refractivity contribution >= 4 is 23.6 Å². The number of aromatic nitrogens is 1. The largest absolute Gasteiger partial charge is 0.547 e. The van der Waals surface area contributed by atoms with Gasteiger partial charge in [0.1, 0.15) is 17.8 Å². The predicted molar refractivity (Wildman–Crippen MR) is 114 cm³/mol. The van der Waals surface area contributed by atoms with Gasteiger partial charge in [-0.05, 0) is 24.3 Å². The summed E-state index contributed by atoms with van der Waals surface area (Å²) in [6.07, 6.45) is -1.94. The molecule has 9 nitrogen and oxygen atoms in total. The summed E-state index contributed by atoms with van der Waals surface area (Å²) >= 11 is 0. The molecule has 176 valence electrons. The molecule has 1 aliphatic rings. The van der Waals surface area contributed by atoms with Gasteiger partial charge in [0.15, 0.2) is 0 Å². The predicted octanol–water partition coefficient (Wildman–Crippen LogP) is 2.28. The molecule has 3 rings (SSSR count). The van der Waals surface area contributed by atoms with Crippen LogP contribution in [0.15, 0.2) is 53.8 Å². The minimum absolute atomic E-state index is 0.0340. The zero-order valence-corrected chi connectivity index (χ0v) is 17.7. The number of carbonyl (C=O) groups is 3. The second-order valence-electron chi connectivity index (χ2n) is 7.12. The molecule has 1 fully saturated rings. The molecule has 1 aromatic carbocycles. The van der Waals surface area contributed by atoms with E-state index in [4.69, 9.17) is 10.5 Å².